The Labute approximate surface area is 73.1 Å². The molecule has 2 unspecified atom stereocenters. The Morgan fingerprint density at radius 3 is 3.00 bits per heavy atom. The third-order valence-electron chi connectivity index (χ3n) is 2.93. The summed E-state index contributed by atoms with van der Waals surface area (Å²) in [5, 5.41) is 10.1. The van der Waals surface area contributed by atoms with Gasteiger partial charge < -0.3 is 5.11 Å². The minimum Gasteiger partial charge on any atom is -0.385 e. The van der Waals surface area contributed by atoms with Crippen LogP contribution in [0, 0.1) is 5.92 Å². The fourth-order valence-electron chi connectivity index (χ4n) is 1.91. The van der Waals surface area contributed by atoms with Gasteiger partial charge in [-0.25, -0.2) is 0 Å². The van der Waals surface area contributed by atoms with Gasteiger partial charge in [0.2, 0.25) is 0 Å². The number of fused-ring (bicyclic) bond motifs is 1. The van der Waals surface area contributed by atoms with Crippen LogP contribution in [0.4, 0.5) is 0 Å². The summed E-state index contributed by atoms with van der Waals surface area (Å²) < 4.78 is 0. The van der Waals surface area contributed by atoms with Crippen LogP contribution < -0.4 is 0 Å². The van der Waals surface area contributed by atoms with Gasteiger partial charge in [0.15, 0.2) is 0 Å². The highest BCUT2D eigenvalue weighted by atomic mass is 16.3. The monoisotopic (exact) mass is 162 g/mol. The Morgan fingerprint density at radius 2 is 2.33 bits per heavy atom. The first-order chi connectivity index (χ1) is 5.62. The van der Waals surface area contributed by atoms with Crippen LogP contribution in [-0.4, -0.2) is 10.7 Å². The summed E-state index contributed by atoms with van der Waals surface area (Å²) in [5.74, 6) is 0.237. The summed E-state index contributed by atoms with van der Waals surface area (Å²) >= 11 is 0. The van der Waals surface area contributed by atoms with Crippen molar-refractivity contribution in [2.24, 2.45) is 5.92 Å². The third kappa shape index (κ3) is 0.896. The number of rotatable bonds is 0. The number of aliphatic hydroxyl groups is 1. The molecule has 0 aliphatic heterocycles. The van der Waals surface area contributed by atoms with E-state index in [1.54, 1.807) is 0 Å². The van der Waals surface area contributed by atoms with Crippen molar-refractivity contribution in [3.8, 4) is 0 Å². The van der Waals surface area contributed by atoms with E-state index in [1.165, 1.54) is 5.57 Å². The molecule has 0 heterocycles. The van der Waals surface area contributed by atoms with Crippen LogP contribution >= 0.6 is 0 Å². The van der Waals surface area contributed by atoms with Crippen molar-refractivity contribution in [3.63, 3.8) is 0 Å². The van der Waals surface area contributed by atoms with E-state index >= 15 is 0 Å². The Bertz CT molecular complexity index is 292. The average molecular weight is 162 g/mol. The molecule has 12 heavy (non-hydrogen) atoms. The molecular formula is C11H14O. The van der Waals surface area contributed by atoms with Crippen molar-refractivity contribution in [1.29, 1.82) is 0 Å². The molecular weight excluding hydrogens is 148 g/mol. The fraction of sp³-hybridized carbons (Fsp3) is 0.455. The first-order valence-corrected chi connectivity index (χ1v) is 4.44. The van der Waals surface area contributed by atoms with Crippen LogP contribution in [-0.2, 0) is 0 Å². The van der Waals surface area contributed by atoms with Crippen molar-refractivity contribution >= 4 is 0 Å². The van der Waals surface area contributed by atoms with Gasteiger partial charge in [0.25, 0.3) is 0 Å². The molecule has 0 fully saturated rings. The lowest BCUT2D eigenvalue weighted by Crippen LogP contribution is -2.30. The van der Waals surface area contributed by atoms with Crippen LogP contribution in [0.2, 0.25) is 0 Å². The number of hydrogen-bond donors (Lipinski definition) is 1. The van der Waals surface area contributed by atoms with E-state index in [-0.39, 0.29) is 5.92 Å². The second kappa shape index (κ2) is 2.33. The fourth-order valence-corrected chi connectivity index (χ4v) is 1.91. The maximum Gasteiger partial charge on any atom is 0.0931 e. The van der Waals surface area contributed by atoms with Crippen LogP contribution in [0.15, 0.2) is 35.5 Å². The Morgan fingerprint density at radius 1 is 1.58 bits per heavy atom. The highest BCUT2D eigenvalue weighted by molar-refractivity contribution is 5.53. The smallest absolute Gasteiger partial charge is 0.0931 e. The van der Waals surface area contributed by atoms with Gasteiger partial charge in [0, 0.05) is 5.92 Å². The molecule has 0 aromatic heterocycles. The molecule has 1 nitrogen and oxygen atoms in total. The molecule has 0 radical (unpaired) electrons. The van der Waals surface area contributed by atoms with Gasteiger partial charge in [0.05, 0.1) is 5.60 Å². The molecule has 1 heteroatoms. The van der Waals surface area contributed by atoms with E-state index in [9.17, 15) is 5.11 Å². The molecule has 0 aromatic rings. The van der Waals surface area contributed by atoms with Crippen molar-refractivity contribution in [3.05, 3.63) is 35.5 Å². The predicted molar refractivity (Wildman–Crippen MR) is 49.7 cm³/mol. The largest absolute Gasteiger partial charge is 0.385 e. The van der Waals surface area contributed by atoms with E-state index in [2.05, 4.69) is 31.2 Å². The predicted octanol–water partition coefficient (Wildman–Crippen LogP) is 2.20. The summed E-state index contributed by atoms with van der Waals surface area (Å²) in [6.07, 6.45) is 9.45. The normalized spacial score (nSPS) is 39.1. The van der Waals surface area contributed by atoms with E-state index < -0.39 is 5.60 Å². The van der Waals surface area contributed by atoms with Gasteiger partial charge in [0.1, 0.15) is 0 Å². The lowest BCUT2D eigenvalue weighted by atomic mass is 9.87. The van der Waals surface area contributed by atoms with Crippen LogP contribution in [0.25, 0.3) is 0 Å². The first-order valence-electron chi connectivity index (χ1n) is 4.44. The maximum absolute atomic E-state index is 10.1. The Kier molecular flexibility index (Phi) is 1.52. The van der Waals surface area contributed by atoms with Crippen molar-refractivity contribution in [1.82, 2.24) is 0 Å². The van der Waals surface area contributed by atoms with Gasteiger partial charge >= 0.3 is 0 Å². The lowest BCUT2D eigenvalue weighted by molar-refractivity contribution is 0.0721. The number of allylic oxidation sites excluding steroid dienone is 3. The standard InChI is InChI=1S/C11H14O/c1-8-7-9-5-3-4-6-10(9)11(8,2)12/h3,5-8,12H,4H2,1-2H3. The molecule has 2 aliphatic carbocycles. The van der Waals surface area contributed by atoms with Gasteiger partial charge in [-0.05, 0) is 24.5 Å². The minimum absolute atomic E-state index is 0.237. The zero-order chi connectivity index (χ0) is 8.77. The zero-order valence-corrected chi connectivity index (χ0v) is 7.54. The van der Waals surface area contributed by atoms with Gasteiger partial charge in [-0.1, -0.05) is 31.2 Å². The summed E-state index contributed by atoms with van der Waals surface area (Å²) in [5.41, 5.74) is 1.68. The molecule has 1 N–H and O–H groups in total. The van der Waals surface area contributed by atoms with E-state index in [4.69, 9.17) is 0 Å². The minimum atomic E-state index is -0.639. The maximum atomic E-state index is 10.1. The SMILES string of the molecule is CC1C=C2C=CCC=C2C1(C)O. The molecule has 0 bridgehead atoms. The number of hydrogen-bond acceptors (Lipinski definition) is 1. The molecule has 64 valence electrons. The van der Waals surface area contributed by atoms with Crippen molar-refractivity contribution in [2.75, 3.05) is 0 Å². The first kappa shape index (κ1) is 7.81. The highest BCUT2D eigenvalue weighted by Gasteiger charge is 2.38. The van der Waals surface area contributed by atoms with Gasteiger partial charge in [-0.2, -0.15) is 0 Å². The van der Waals surface area contributed by atoms with Gasteiger partial charge in [-0.3, -0.25) is 0 Å². The van der Waals surface area contributed by atoms with E-state index in [0.29, 0.717) is 0 Å². The Balaban J connectivity index is 2.45. The van der Waals surface area contributed by atoms with Crippen LogP contribution in [0.3, 0.4) is 0 Å². The molecule has 0 aromatic carbocycles. The quantitative estimate of drug-likeness (QED) is 0.579. The molecule has 2 atom stereocenters. The van der Waals surface area contributed by atoms with E-state index in [1.807, 2.05) is 6.92 Å². The molecule has 0 saturated carbocycles. The zero-order valence-electron chi connectivity index (χ0n) is 7.54. The summed E-state index contributed by atoms with van der Waals surface area (Å²) in [7, 11) is 0. The second-order valence-corrected chi connectivity index (χ2v) is 3.81. The van der Waals surface area contributed by atoms with Crippen LogP contribution in [0.1, 0.15) is 20.3 Å². The van der Waals surface area contributed by atoms with E-state index in [0.717, 1.165) is 12.0 Å². The summed E-state index contributed by atoms with van der Waals surface area (Å²) in [6, 6.07) is 0. The lowest BCUT2D eigenvalue weighted by Gasteiger charge is -2.25. The molecule has 0 amide bonds. The molecule has 0 spiro atoms. The molecule has 2 aliphatic rings. The third-order valence-corrected chi connectivity index (χ3v) is 2.93. The summed E-state index contributed by atoms with van der Waals surface area (Å²) in [6.45, 7) is 3.95. The van der Waals surface area contributed by atoms with Crippen molar-refractivity contribution < 1.29 is 5.11 Å². The average Bonchev–Trinajstić information content (AvgIpc) is 2.25. The highest BCUT2D eigenvalue weighted by Crippen LogP contribution is 2.41. The van der Waals surface area contributed by atoms with Gasteiger partial charge in [-0.15, -0.1) is 0 Å². The van der Waals surface area contributed by atoms with Crippen LogP contribution in [0.5, 0.6) is 0 Å². The summed E-state index contributed by atoms with van der Waals surface area (Å²) in [4.78, 5) is 0. The molecule has 2 rings (SSSR count). The topological polar surface area (TPSA) is 20.2 Å². The Hall–Kier alpha value is -0.820. The second-order valence-electron chi connectivity index (χ2n) is 3.81. The van der Waals surface area contributed by atoms with Crippen molar-refractivity contribution in [2.45, 2.75) is 25.9 Å². The molecule has 0 saturated heterocycles.